The van der Waals surface area contributed by atoms with E-state index in [1.54, 1.807) is 12.1 Å². The Labute approximate surface area is 114 Å². The molecule has 0 saturated heterocycles. The maximum atomic E-state index is 11.7. The van der Waals surface area contributed by atoms with Gasteiger partial charge in [-0.3, -0.25) is 9.59 Å². The quantitative estimate of drug-likeness (QED) is 0.801. The van der Waals surface area contributed by atoms with Crippen LogP contribution in [0.3, 0.4) is 0 Å². The molecule has 2 N–H and O–H groups in total. The average molecular weight is 262 g/mol. The molecule has 0 aliphatic rings. The van der Waals surface area contributed by atoms with Crippen LogP contribution in [0.25, 0.3) is 0 Å². The van der Waals surface area contributed by atoms with E-state index in [1.807, 2.05) is 19.1 Å². The smallest absolute Gasteiger partial charge is 0.313 e. The fraction of sp³-hybridized carbons (Fsp3) is 0.467. The van der Waals surface area contributed by atoms with Gasteiger partial charge in [0.1, 0.15) is 0 Å². The molecule has 1 rings (SSSR count). The molecule has 0 aliphatic heterocycles. The molecule has 0 radical (unpaired) electrons. The Bertz CT molecular complexity index is 422. The van der Waals surface area contributed by atoms with Gasteiger partial charge in [0.05, 0.1) is 0 Å². The van der Waals surface area contributed by atoms with Gasteiger partial charge in [-0.1, -0.05) is 44.4 Å². The van der Waals surface area contributed by atoms with Crippen LogP contribution in [0, 0.1) is 12.8 Å². The number of anilines is 1. The van der Waals surface area contributed by atoms with Crippen molar-refractivity contribution in [2.75, 3.05) is 11.9 Å². The summed E-state index contributed by atoms with van der Waals surface area (Å²) in [5, 5.41) is 5.24. The zero-order valence-electron chi connectivity index (χ0n) is 11.8. The second-order valence-corrected chi connectivity index (χ2v) is 4.71. The number of nitrogens with one attached hydrogen (secondary N) is 2. The Hall–Kier alpha value is -1.84. The van der Waals surface area contributed by atoms with Crippen LogP contribution in [-0.2, 0) is 9.59 Å². The molecular formula is C15H22N2O2. The third-order valence-electron chi connectivity index (χ3n) is 3.22. The molecule has 0 aliphatic carbocycles. The third kappa shape index (κ3) is 5.12. The highest BCUT2D eigenvalue weighted by Crippen LogP contribution is 2.08. The summed E-state index contributed by atoms with van der Waals surface area (Å²) in [5.41, 5.74) is 1.74. The molecule has 0 unspecified atom stereocenters. The second-order valence-electron chi connectivity index (χ2n) is 4.71. The van der Waals surface area contributed by atoms with Crippen LogP contribution < -0.4 is 10.6 Å². The number of carbonyl (C=O) groups excluding carboxylic acids is 2. The van der Waals surface area contributed by atoms with Crippen molar-refractivity contribution >= 4 is 17.5 Å². The first-order chi connectivity index (χ1) is 9.06. The summed E-state index contributed by atoms with van der Waals surface area (Å²) in [4.78, 5) is 23.3. The van der Waals surface area contributed by atoms with Crippen molar-refractivity contribution in [1.82, 2.24) is 5.32 Å². The lowest BCUT2D eigenvalue weighted by Crippen LogP contribution is -2.37. The van der Waals surface area contributed by atoms with Gasteiger partial charge in [-0.2, -0.15) is 0 Å². The van der Waals surface area contributed by atoms with Crippen molar-refractivity contribution in [2.45, 2.75) is 33.6 Å². The maximum Gasteiger partial charge on any atom is 0.313 e. The van der Waals surface area contributed by atoms with Crippen LogP contribution in [0.2, 0.25) is 0 Å². The fourth-order valence-electron chi connectivity index (χ4n) is 1.72. The zero-order chi connectivity index (χ0) is 14.3. The molecule has 0 heterocycles. The molecule has 2 amide bonds. The standard InChI is InChI=1S/C15H22N2O2/c1-4-12(5-2)10-16-14(18)15(19)17-13-8-6-11(3)7-9-13/h6-9,12H,4-5,10H2,1-3H3,(H,16,18)(H,17,19). The lowest BCUT2D eigenvalue weighted by molar-refractivity contribution is -0.136. The predicted molar refractivity (Wildman–Crippen MR) is 76.9 cm³/mol. The lowest BCUT2D eigenvalue weighted by Gasteiger charge is -2.13. The summed E-state index contributed by atoms with van der Waals surface area (Å²) in [6.45, 7) is 6.67. The molecule has 1 aromatic rings. The minimum absolute atomic E-state index is 0.427. The number of aryl methyl sites for hydroxylation is 1. The second kappa shape index (κ2) is 7.56. The van der Waals surface area contributed by atoms with Gasteiger partial charge in [-0.15, -0.1) is 0 Å². The van der Waals surface area contributed by atoms with Crippen molar-refractivity contribution in [3.05, 3.63) is 29.8 Å². The lowest BCUT2D eigenvalue weighted by atomic mass is 10.0. The third-order valence-corrected chi connectivity index (χ3v) is 3.22. The van der Waals surface area contributed by atoms with E-state index >= 15 is 0 Å². The predicted octanol–water partition coefficient (Wildman–Crippen LogP) is 2.49. The highest BCUT2D eigenvalue weighted by molar-refractivity contribution is 6.39. The summed E-state index contributed by atoms with van der Waals surface area (Å²) >= 11 is 0. The summed E-state index contributed by atoms with van der Waals surface area (Å²) in [6, 6.07) is 7.33. The van der Waals surface area contributed by atoms with Crippen molar-refractivity contribution in [3.63, 3.8) is 0 Å². The first kappa shape index (κ1) is 15.2. The first-order valence-electron chi connectivity index (χ1n) is 6.72. The van der Waals surface area contributed by atoms with Gasteiger partial charge in [0, 0.05) is 12.2 Å². The van der Waals surface area contributed by atoms with Crippen molar-refractivity contribution in [2.24, 2.45) is 5.92 Å². The molecule has 0 bridgehead atoms. The van der Waals surface area contributed by atoms with E-state index < -0.39 is 11.8 Å². The summed E-state index contributed by atoms with van der Waals surface area (Å²) in [6.07, 6.45) is 1.99. The van der Waals surface area contributed by atoms with E-state index in [9.17, 15) is 9.59 Å². The van der Waals surface area contributed by atoms with E-state index in [2.05, 4.69) is 24.5 Å². The molecule has 1 aromatic carbocycles. The normalized spacial score (nSPS) is 10.3. The number of benzene rings is 1. The van der Waals surface area contributed by atoms with E-state index in [0.717, 1.165) is 18.4 Å². The number of carbonyl (C=O) groups is 2. The van der Waals surface area contributed by atoms with Crippen LogP contribution >= 0.6 is 0 Å². The van der Waals surface area contributed by atoms with E-state index in [1.165, 1.54) is 0 Å². The molecule has 0 atom stereocenters. The molecule has 19 heavy (non-hydrogen) atoms. The zero-order valence-corrected chi connectivity index (χ0v) is 11.8. The van der Waals surface area contributed by atoms with Gasteiger partial charge >= 0.3 is 11.8 Å². The minimum atomic E-state index is -0.616. The number of hydrogen-bond donors (Lipinski definition) is 2. The Morgan fingerprint density at radius 3 is 2.16 bits per heavy atom. The summed E-state index contributed by atoms with van der Waals surface area (Å²) in [5.74, 6) is -0.765. The van der Waals surface area contributed by atoms with Crippen molar-refractivity contribution in [3.8, 4) is 0 Å². The largest absolute Gasteiger partial charge is 0.348 e. The van der Waals surface area contributed by atoms with Gasteiger partial charge in [-0.25, -0.2) is 0 Å². The van der Waals surface area contributed by atoms with Gasteiger partial charge in [0.25, 0.3) is 0 Å². The molecule has 0 spiro atoms. The highest BCUT2D eigenvalue weighted by Gasteiger charge is 2.14. The van der Waals surface area contributed by atoms with E-state index in [-0.39, 0.29) is 0 Å². The van der Waals surface area contributed by atoms with Crippen LogP contribution in [0.1, 0.15) is 32.3 Å². The molecular weight excluding hydrogens is 240 g/mol. The van der Waals surface area contributed by atoms with Crippen LogP contribution in [-0.4, -0.2) is 18.4 Å². The van der Waals surface area contributed by atoms with Gasteiger partial charge in [0.15, 0.2) is 0 Å². The number of amides is 2. The number of hydrogen-bond acceptors (Lipinski definition) is 2. The Morgan fingerprint density at radius 2 is 1.63 bits per heavy atom. The van der Waals surface area contributed by atoms with Gasteiger partial charge < -0.3 is 10.6 Å². The van der Waals surface area contributed by atoms with E-state index in [4.69, 9.17) is 0 Å². The molecule has 0 saturated carbocycles. The number of rotatable bonds is 5. The Morgan fingerprint density at radius 1 is 1.05 bits per heavy atom. The van der Waals surface area contributed by atoms with Gasteiger partial charge in [-0.05, 0) is 25.0 Å². The summed E-state index contributed by atoms with van der Waals surface area (Å²) in [7, 11) is 0. The molecule has 4 heteroatoms. The van der Waals surface area contributed by atoms with Crippen LogP contribution in [0.15, 0.2) is 24.3 Å². The molecule has 0 aromatic heterocycles. The van der Waals surface area contributed by atoms with Crippen LogP contribution in [0.5, 0.6) is 0 Å². The van der Waals surface area contributed by atoms with Crippen LogP contribution in [0.4, 0.5) is 5.69 Å². The topological polar surface area (TPSA) is 58.2 Å². The molecule has 4 nitrogen and oxygen atoms in total. The SMILES string of the molecule is CCC(CC)CNC(=O)C(=O)Nc1ccc(C)cc1. The average Bonchev–Trinajstić information content (AvgIpc) is 2.42. The van der Waals surface area contributed by atoms with E-state index in [0.29, 0.717) is 18.2 Å². The Kier molecular flexibility index (Phi) is 6.06. The monoisotopic (exact) mass is 262 g/mol. The van der Waals surface area contributed by atoms with Crippen molar-refractivity contribution in [1.29, 1.82) is 0 Å². The fourth-order valence-corrected chi connectivity index (χ4v) is 1.72. The van der Waals surface area contributed by atoms with Crippen molar-refractivity contribution < 1.29 is 9.59 Å². The highest BCUT2D eigenvalue weighted by atomic mass is 16.2. The molecule has 0 fully saturated rings. The summed E-state index contributed by atoms with van der Waals surface area (Å²) < 4.78 is 0. The van der Waals surface area contributed by atoms with Gasteiger partial charge in [0.2, 0.25) is 0 Å². The maximum absolute atomic E-state index is 11.7. The Balaban J connectivity index is 2.44. The minimum Gasteiger partial charge on any atom is -0.348 e. The molecule has 104 valence electrons. The first-order valence-corrected chi connectivity index (χ1v) is 6.72.